The molecule has 0 aliphatic heterocycles. The zero-order chi connectivity index (χ0) is 11.2. The van der Waals surface area contributed by atoms with Crippen LogP contribution in [-0.4, -0.2) is 12.8 Å². The van der Waals surface area contributed by atoms with Gasteiger partial charge in [0.05, 0.1) is 0 Å². The van der Waals surface area contributed by atoms with Crippen molar-refractivity contribution in [2.75, 3.05) is 6.54 Å². The van der Waals surface area contributed by atoms with Crippen molar-refractivity contribution < 1.29 is 0 Å². The van der Waals surface area contributed by atoms with Crippen LogP contribution >= 0.6 is 0 Å². The topological polar surface area (TPSA) is 12.4 Å². The fourth-order valence-electron chi connectivity index (χ4n) is 1.64. The standard InChI is InChI=1S/C14H29N/c1-3-5-7-8-9-10-12-14-15-13-11-6-4-2/h13H,3-12,14H2,1-2H3. The van der Waals surface area contributed by atoms with Crippen molar-refractivity contribution in [3.63, 3.8) is 0 Å². The highest BCUT2D eigenvalue weighted by atomic mass is 14.7. The van der Waals surface area contributed by atoms with Crippen LogP contribution in [0.1, 0.15) is 78.1 Å². The number of aliphatic imine (C=N–C) groups is 1. The molecule has 90 valence electrons. The van der Waals surface area contributed by atoms with Gasteiger partial charge in [-0.05, 0) is 25.5 Å². The molecule has 0 N–H and O–H groups in total. The van der Waals surface area contributed by atoms with E-state index in [1.165, 1.54) is 64.2 Å². The summed E-state index contributed by atoms with van der Waals surface area (Å²) in [5.74, 6) is 0. The first kappa shape index (κ1) is 14.7. The van der Waals surface area contributed by atoms with Crippen molar-refractivity contribution in [2.45, 2.75) is 78.1 Å². The first-order valence-corrected chi connectivity index (χ1v) is 6.90. The van der Waals surface area contributed by atoms with Gasteiger partial charge in [0.25, 0.3) is 0 Å². The van der Waals surface area contributed by atoms with Crippen molar-refractivity contribution in [2.24, 2.45) is 4.99 Å². The highest BCUT2D eigenvalue weighted by Crippen LogP contribution is 2.06. The highest BCUT2D eigenvalue weighted by Gasteiger charge is 1.89. The molecule has 0 heterocycles. The molecule has 0 aliphatic carbocycles. The minimum Gasteiger partial charge on any atom is -0.298 e. The molecule has 0 aromatic rings. The molecule has 0 aliphatic rings. The van der Waals surface area contributed by atoms with E-state index in [2.05, 4.69) is 25.1 Å². The van der Waals surface area contributed by atoms with E-state index in [4.69, 9.17) is 0 Å². The van der Waals surface area contributed by atoms with Gasteiger partial charge in [-0.2, -0.15) is 0 Å². The lowest BCUT2D eigenvalue weighted by Gasteiger charge is -1.98. The smallest absolute Gasteiger partial charge is 0.0385 e. The Kier molecular flexibility index (Phi) is 13.4. The van der Waals surface area contributed by atoms with Gasteiger partial charge in [-0.15, -0.1) is 0 Å². The van der Waals surface area contributed by atoms with Crippen LogP contribution in [0.3, 0.4) is 0 Å². The lowest BCUT2D eigenvalue weighted by molar-refractivity contribution is 0.593. The monoisotopic (exact) mass is 211 g/mol. The maximum atomic E-state index is 4.42. The molecule has 0 atom stereocenters. The zero-order valence-electron chi connectivity index (χ0n) is 10.8. The maximum Gasteiger partial charge on any atom is 0.0385 e. The van der Waals surface area contributed by atoms with Crippen LogP contribution < -0.4 is 0 Å². The Hall–Kier alpha value is -0.330. The lowest BCUT2D eigenvalue weighted by atomic mass is 10.1. The van der Waals surface area contributed by atoms with E-state index in [0.29, 0.717) is 0 Å². The second kappa shape index (κ2) is 13.7. The van der Waals surface area contributed by atoms with Gasteiger partial charge in [0.2, 0.25) is 0 Å². The van der Waals surface area contributed by atoms with Crippen molar-refractivity contribution in [1.29, 1.82) is 0 Å². The Morgan fingerprint density at radius 1 is 0.733 bits per heavy atom. The van der Waals surface area contributed by atoms with E-state index in [-0.39, 0.29) is 0 Å². The average Bonchev–Trinajstić information content (AvgIpc) is 2.26. The molecule has 0 saturated carbocycles. The summed E-state index contributed by atoms with van der Waals surface area (Å²) in [4.78, 5) is 4.42. The second-order valence-corrected chi connectivity index (χ2v) is 4.35. The minimum absolute atomic E-state index is 1.05. The van der Waals surface area contributed by atoms with Crippen molar-refractivity contribution in [3.05, 3.63) is 0 Å². The normalized spacial score (nSPS) is 11.3. The summed E-state index contributed by atoms with van der Waals surface area (Å²) in [6.45, 7) is 5.55. The summed E-state index contributed by atoms with van der Waals surface area (Å²) in [6.07, 6.45) is 15.5. The third-order valence-corrected chi connectivity index (χ3v) is 2.71. The molecular formula is C14H29N. The molecule has 0 rings (SSSR count). The predicted molar refractivity (Wildman–Crippen MR) is 70.9 cm³/mol. The van der Waals surface area contributed by atoms with Crippen LogP contribution in [-0.2, 0) is 0 Å². The van der Waals surface area contributed by atoms with Gasteiger partial charge in [0.15, 0.2) is 0 Å². The van der Waals surface area contributed by atoms with Gasteiger partial charge in [0, 0.05) is 6.54 Å². The predicted octanol–water partition coefficient (Wildman–Crippen LogP) is 5.00. The lowest BCUT2D eigenvalue weighted by Crippen LogP contribution is -1.85. The Bertz CT molecular complexity index is 129. The van der Waals surface area contributed by atoms with Crippen LogP contribution in [0.5, 0.6) is 0 Å². The van der Waals surface area contributed by atoms with Crippen molar-refractivity contribution >= 4 is 6.21 Å². The summed E-state index contributed by atoms with van der Waals surface area (Å²) >= 11 is 0. The number of nitrogens with zero attached hydrogens (tertiary/aromatic N) is 1. The molecule has 0 unspecified atom stereocenters. The summed E-state index contributed by atoms with van der Waals surface area (Å²) in [5.41, 5.74) is 0. The zero-order valence-corrected chi connectivity index (χ0v) is 10.8. The molecule has 0 fully saturated rings. The number of hydrogen-bond acceptors (Lipinski definition) is 1. The molecular weight excluding hydrogens is 182 g/mol. The van der Waals surface area contributed by atoms with E-state index < -0.39 is 0 Å². The SMILES string of the molecule is CCCCC=NCCCCCCCCC. The summed E-state index contributed by atoms with van der Waals surface area (Å²) < 4.78 is 0. The van der Waals surface area contributed by atoms with Gasteiger partial charge in [-0.1, -0.05) is 58.8 Å². The Morgan fingerprint density at radius 2 is 1.33 bits per heavy atom. The first-order chi connectivity index (χ1) is 7.41. The third kappa shape index (κ3) is 13.7. The van der Waals surface area contributed by atoms with E-state index in [9.17, 15) is 0 Å². The number of unbranched alkanes of at least 4 members (excludes halogenated alkanes) is 8. The van der Waals surface area contributed by atoms with Crippen LogP contribution in [0.25, 0.3) is 0 Å². The molecule has 1 nitrogen and oxygen atoms in total. The highest BCUT2D eigenvalue weighted by molar-refractivity contribution is 5.56. The van der Waals surface area contributed by atoms with Gasteiger partial charge in [-0.3, -0.25) is 4.99 Å². The molecule has 0 aromatic carbocycles. The van der Waals surface area contributed by atoms with Crippen LogP contribution in [0.15, 0.2) is 4.99 Å². The Morgan fingerprint density at radius 3 is 2.00 bits per heavy atom. The van der Waals surface area contributed by atoms with Crippen LogP contribution in [0, 0.1) is 0 Å². The molecule has 0 aromatic heterocycles. The number of rotatable bonds is 11. The molecule has 0 spiro atoms. The molecule has 0 amide bonds. The van der Waals surface area contributed by atoms with Gasteiger partial charge >= 0.3 is 0 Å². The van der Waals surface area contributed by atoms with Gasteiger partial charge in [-0.25, -0.2) is 0 Å². The molecule has 15 heavy (non-hydrogen) atoms. The van der Waals surface area contributed by atoms with E-state index in [1.807, 2.05) is 0 Å². The largest absolute Gasteiger partial charge is 0.298 e. The van der Waals surface area contributed by atoms with E-state index in [1.54, 1.807) is 0 Å². The minimum atomic E-state index is 1.05. The molecule has 0 bridgehead atoms. The first-order valence-electron chi connectivity index (χ1n) is 6.90. The van der Waals surface area contributed by atoms with Crippen molar-refractivity contribution in [3.8, 4) is 0 Å². The Balaban J connectivity index is 2.95. The molecule has 0 radical (unpaired) electrons. The second-order valence-electron chi connectivity index (χ2n) is 4.35. The maximum absolute atomic E-state index is 4.42. The third-order valence-electron chi connectivity index (χ3n) is 2.71. The average molecular weight is 211 g/mol. The fourth-order valence-corrected chi connectivity index (χ4v) is 1.64. The fraction of sp³-hybridized carbons (Fsp3) is 0.929. The summed E-state index contributed by atoms with van der Waals surface area (Å²) in [5, 5.41) is 0. The van der Waals surface area contributed by atoms with Crippen molar-refractivity contribution in [1.82, 2.24) is 0 Å². The molecule has 1 heteroatoms. The van der Waals surface area contributed by atoms with E-state index >= 15 is 0 Å². The van der Waals surface area contributed by atoms with Crippen LogP contribution in [0.2, 0.25) is 0 Å². The van der Waals surface area contributed by atoms with Gasteiger partial charge < -0.3 is 0 Å². The van der Waals surface area contributed by atoms with Crippen LogP contribution in [0.4, 0.5) is 0 Å². The Labute approximate surface area is 96.4 Å². The molecule has 0 saturated heterocycles. The number of hydrogen-bond donors (Lipinski definition) is 0. The summed E-state index contributed by atoms with van der Waals surface area (Å²) in [7, 11) is 0. The summed E-state index contributed by atoms with van der Waals surface area (Å²) in [6, 6.07) is 0. The quantitative estimate of drug-likeness (QED) is 0.337. The van der Waals surface area contributed by atoms with Gasteiger partial charge in [0.1, 0.15) is 0 Å². The van der Waals surface area contributed by atoms with E-state index in [0.717, 1.165) is 6.54 Å².